The molecule has 0 aromatic heterocycles. The van der Waals surface area contributed by atoms with Crippen LogP contribution < -0.4 is 0 Å². The second-order valence-electron chi connectivity index (χ2n) is 4.17. The highest BCUT2D eigenvalue weighted by Gasteiger charge is 2.50. The van der Waals surface area contributed by atoms with Gasteiger partial charge in [-0.15, -0.1) is 0 Å². The quantitative estimate of drug-likeness (QED) is 0.511. The van der Waals surface area contributed by atoms with Crippen molar-refractivity contribution in [1.82, 2.24) is 0 Å². The number of rotatable bonds is 7. The Morgan fingerprint density at radius 2 is 2.06 bits per heavy atom. The molecule has 0 saturated carbocycles. The summed E-state index contributed by atoms with van der Waals surface area (Å²) in [4.78, 5) is 11.5. The Labute approximate surface area is 98.6 Å². The Morgan fingerprint density at radius 3 is 2.69 bits per heavy atom. The van der Waals surface area contributed by atoms with Crippen molar-refractivity contribution >= 4 is 14.8 Å². The second kappa shape index (κ2) is 6.37. The van der Waals surface area contributed by atoms with Gasteiger partial charge in [0.2, 0.25) is 0 Å². The predicted octanol–water partition coefficient (Wildman–Crippen LogP) is 2.50. The summed E-state index contributed by atoms with van der Waals surface area (Å²) in [6.07, 6.45) is 4.94. The number of hydrogen-bond acceptors (Lipinski definition) is 4. The molecule has 1 saturated heterocycles. The first-order chi connectivity index (χ1) is 7.61. The molecule has 0 aromatic rings. The molecule has 94 valence electrons. The maximum Gasteiger partial charge on any atom is 0.565 e. The molecule has 1 heterocycles. The topological polar surface area (TPSA) is 44.8 Å². The van der Waals surface area contributed by atoms with Crippen LogP contribution in [0.4, 0.5) is 0 Å². The van der Waals surface area contributed by atoms with Crippen LogP contribution in [-0.2, 0) is 18.1 Å². The second-order valence-corrected chi connectivity index (χ2v) is 6.63. The van der Waals surface area contributed by atoms with E-state index in [4.69, 9.17) is 13.3 Å². The van der Waals surface area contributed by atoms with Gasteiger partial charge >= 0.3 is 14.8 Å². The summed E-state index contributed by atoms with van der Waals surface area (Å²) in [7, 11) is -2.63. The fraction of sp³-hybridized carbons (Fsp3) is 0.909. The van der Waals surface area contributed by atoms with Gasteiger partial charge < -0.3 is 13.3 Å². The average molecular weight is 246 g/mol. The number of carbonyl (C=O) groups is 1. The van der Waals surface area contributed by atoms with E-state index in [1.807, 2.05) is 6.92 Å². The molecule has 16 heavy (non-hydrogen) atoms. The normalized spacial score (nSPS) is 29.4. The van der Waals surface area contributed by atoms with Gasteiger partial charge in [0.25, 0.3) is 0 Å². The molecule has 0 N–H and O–H groups in total. The molecular weight excluding hydrogens is 224 g/mol. The Balaban J connectivity index is 2.31. The lowest BCUT2D eigenvalue weighted by Crippen LogP contribution is -2.37. The highest BCUT2D eigenvalue weighted by atomic mass is 28.4. The van der Waals surface area contributed by atoms with E-state index in [1.54, 1.807) is 6.55 Å². The van der Waals surface area contributed by atoms with E-state index in [0.29, 0.717) is 6.61 Å². The monoisotopic (exact) mass is 246 g/mol. The van der Waals surface area contributed by atoms with Crippen LogP contribution in [0.25, 0.3) is 0 Å². The lowest BCUT2D eigenvalue weighted by atomic mass is 10.1. The molecular formula is C11H22O4Si. The van der Waals surface area contributed by atoms with Crippen molar-refractivity contribution in [3.8, 4) is 0 Å². The van der Waals surface area contributed by atoms with Crippen molar-refractivity contribution in [2.24, 2.45) is 0 Å². The highest BCUT2D eigenvalue weighted by molar-refractivity contribution is 6.62. The third-order valence-electron chi connectivity index (χ3n) is 2.63. The van der Waals surface area contributed by atoms with E-state index >= 15 is 0 Å². The standard InChI is InChI=1S/C11H22O4Si/c1-4-6-7-8-9-10-11(12)15-16(3,14-10)13-5-2/h10H,4-9H2,1-3H3. The molecule has 5 heteroatoms. The van der Waals surface area contributed by atoms with Gasteiger partial charge in [0.15, 0.2) is 0 Å². The molecule has 0 amide bonds. The van der Waals surface area contributed by atoms with Gasteiger partial charge in [-0.05, 0) is 13.3 Å². The average Bonchev–Trinajstić information content (AvgIpc) is 2.49. The van der Waals surface area contributed by atoms with Crippen LogP contribution in [0, 0.1) is 0 Å². The van der Waals surface area contributed by atoms with Crippen molar-refractivity contribution in [1.29, 1.82) is 0 Å². The van der Waals surface area contributed by atoms with Crippen LogP contribution in [0.15, 0.2) is 0 Å². The molecule has 2 atom stereocenters. The predicted molar refractivity (Wildman–Crippen MR) is 63.0 cm³/mol. The summed E-state index contributed by atoms with van der Waals surface area (Å²) in [6.45, 7) is 6.35. The molecule has 1 aliphatic rings. The third kappa shape index (κ3) is 3.88. The van der Waals surface area contributed by atoms with E-state index in [-0.39, 0.29) is 12.1 Å². The minimum Gasteiger partial charge on any atom is -0.471 e. The first-order valence-electron chi connectivity index (χ1n) is 6.16. The Hall–Kier alpha value is -0.393. The van der Waals surface area contributed by atoms with E-state index in [0.717, 1.165) is 19.3 Å². The highest BCUT2D eigenvalue weighted by Crippen LogP contribution is 2.24. The molecule has 0 aromatic carbocycles. The fourth-order valence-corrected chi connectivity index (χ4v) is 3.77. The molecule has 0 radical (unpaired) electrons. The number of hydrogen-bond donors (Lipinski definition) is 0. The zero-order chi connectivity index (χ0) is 12.0. The summed E-state index contributed by atoms with van der Waals surface area (Å²) < 4.78 is 16.2. The van der Waals surface area contributed by atoms with Crippen molar-refractivity contribution in [2.75, 3.05) is 6.61 Å². The van der Waals surface area contributed by atoms with Gasteiger partial charge in [0.1, 0.15) is 6.10 Å². The van der Waals surface area contributed by atoms with Crippen molar-refractivity contribution in [3.63, 3.8) is 0 Å². The van der Waals surface area contributed by atoms with Crippen molar-refractivity contribution in [3.05, 3.63) is 0 Å². The lowest BCUT2D eigenvalue weighted by molar-refractivity contribution is -0.136. The van der Waals surface area contributed by atoms with Gasteiger partial charge in [-0.2, -0.15) is 0 Å². The van der Waals surface area contributed by atoms with E-state index in [9.17, 15) is 4.79 Å². The van der Waals surface area contributed by atoms with Crippen LogP contribution in [0.1, 0.15) is 46.0 Å². The minimum absolute atomic E-state index is 0.237. The van der Waals surface area contributed by atoms with Gasteiger partial charge in [-0.1, -0.05) is 32.6 Å². The van der Waals surface area contributed by atoms with E-state index in [1.165, 1.54) is 12.8 Å². The summed E-state index contributed by atoms with van der Waals surface area (Å²) in [5.41, 5.74) is 0. The number of unbranched alkanes of at least 4 members (excludes halogenated alkanes) is 3. The molecule has 1 rings (SSSR count). The van der Waals surface area contributed by atoms with E-state index < -0.39 is 8.80 Å². The van der Waals surface area contributed by atoms with Crippen LogP contribution in [0.5, 0.6) is 0 Å². The zero-order valence-corrected chi connectivity index (χ0v) is 11.5. The van der Waals surface area contributed by atoms with Crippen molar-refractivity contribution < 1.29 is 18.1 Å². The Morgan fingerprint density at radius 1 is 1.31 bits per heavy atom. The minimum atomic E-state index is -2.63. The summed E-state index contributed by atoms with van der Waals surface area (Å²) in [6, 6.07) is 0. The van der Waals surface area contributed by atoms with Crippen LogP contribution in [-0.4, -0.2) is 27.5 Å². The van der Waals surface area contributed by atoms with Gasteiger partial charge in [-0.3, -0.25) is 4.79 Å². The summed E-state index contributed by atoms with van der Waals surface area (Å²) in [5.74, 6) is -0.237. The van der Waals surface area contributed by atoms with Gasteiger partial charge in [0.05, 0.1) is 0 Å². The SMILES string of the molecule is CCCCCCC1O[Si](C)(OCC)OC1=O. The summed E-state index contributed by atoms with van der Waals surface area (Å²) >= 11 is 0. The van der Waals surface area contributed by atoms with Crippen molar-refractivity contribution in [2.45, 2.75) is 58.6 Å². The first-order valence-corrected chi connectivity index (χ1v) is 8.38. The Kier molecular flexibility index (Phi) is 5.44. The van der Waals surface area contributed by atoms with Gasteiger partial charge in [0, 0.05) is 13.2 Å². The smallest absolute Gasteiger partial charge is 0.471 e. The van der Waals surface area contributed by atoms with Crippen LogP contribution in [0.2, 0.25) is 6.55 Å². The van der Waals surface area contributed by atoms with Crippen LogP contribution >= 0.6 is 0 Å². The fourth-order valence-electron chi connectivity index (χ4n) is 1.84. The molecule has 2 unspecified atom stereocenters. The molecule has 1 aliphatic heterocycles. The molecule has 4 nitrogen and oxygen atoms in total. The molecule has 0 aliphatic carbocycles. The van der Waals surface area contributed by atoms with E-state index in [2.05, 4.69) is 6.92 Å². The largest absolute Gasteiger partial charge is 0.565 e. The molecule has 1 fully saturated rings. The molecule has 0 bridgehead atoms. The van der Waals surface area contributed by atoms with Gasteiger partial charge in [-0.25, -0.2) is 0 Å². The number of carbonyl (C=O) groups excluding carboxylic acids is 1. The zero-order valence-electron chi connectivity index (χ0n) is 10.5. The maximum atomic E-state index is 11.5. The third-order valence-corrected chi connectivity index (χ3v) is 4.73. The lowest BCUT2D eigenvalue weighted by Gasteiger charge is -2.16. The van der Waals surface area contributed by atoms with Crippen LogP contribution in [0.3, 0.4) is 0 Å². The maximum absolute atomic E-state index is 11.5. The Bertz CT molecular complexity index is 234. The first kappa shape index (κ1) is 13.7. The summed E-state index contributed by atoms with van der Waals surface area (Å²) in [5, 5.41) is 0. The molecule has 0 spiro atoms.